The maximum Gasteiger partial charge on any atom is 0.186 e. The topological polar surface area (TPSA) is 28.2 Å². The van der Waals surface area contributed by atoms with Gasteiger partial charge in [-0.3, -0.25) is 0 Å². The molecule has 0 aromatic carbocycles. The Labute approximate surface area is 116 Å². The first-order valence-corrected chi connectivity index (χ1v) is 7.91. The number of aryl methyl sites for hydroxylation is 1. The molecule has 0 aliphatic rings. The molecule has 0 unspecified atom stereocenters. The van der Waals surface area contributed by atoms with E-state index < -0.39 is 0 Å². The molecule has 4 heteroatoms. The van der Waals surface area contributed by atoms with Gasteiger partial charge >= 0.3 is 0 Å². The van der Waals surface area contributed by atoms with Gasteiger partial charge < -0.3 is 10.2 Å². The van der Waals surface area contributed by atoms with Crippen molar-refractivity contribution in [2.75, 3.05) is 18.0 Å². The van der Waals surface area contributed by atoms with Crippen LogP contribution in [-0.4, -0.2) is 24.1 Å². The van der Waals surface area contributed by atoms with Crippen LogP contribution in [0.2, 0.25) is 0 Å². The standard InChI is InChI=1S/C14H27N3S/c1-6-9-12-13(10-15-7-2)18-14(16-12)17(8-3)11(4)5/h11,15H,6-10H2,1-5H3. The van der Waals surface area contributed by atoms with Crippen LogP contribution in [0.5, 0.6) is 0 Å². The van der Waals surface area contributed by atoms with Gasteiger partial charge in [-0.25, -0.2) is 4.98 Å². The number of nitrogens with one attached hydrogen (secondary N) is 1. The van der Waals surface area contributed by atoms with Gasteiger partial charge in [0.15, 0.2) is 5.13 Å². The quantitative estimate of drug-likeness (QED) is 0.783. The SMILES string of the molecule is CCCc1nc(N(CC)C(C)C)sc1CNCC. The van der Waals surface area contributed by atoms with Crippen molar-refractivity contribution >= 4 is 16.5 Å². The second-order valence-electron chi connectivity index (χ2n) is 4.78. The molecule has 0 amide bonds. The minimum Gasteiger partial charge on any atom is -0.346 e. The molecule has 0 spiro atoms. The molecule has 0 aliphatic carbocycles. The Balaban J connectivity index is 2.92. The molecule has 0 fully saturated rings. The van der Waals surface area contributed by atoms with Gasteiger partial charge in [0.05, 0.1) is 5.69 Å². The Hall–Kier alpha value is -0.610. The van der Waals surface area contributed by atoms with Crippen molar-refractivity contribution in [3.63, 3.8) is 0 Å². The van der Waals surface area contributed by atoms with Gasteiger partial charge in [-0.1, -0.05) is 20.3 Å². The first-order valence-electron chi connectivity index (χ1n) is 7.09. The minimum atomic E-state index is 0.516. The fraction of sp³-hybridized carbons (Fsp3) is 0.786. The molecule has 1 aromatic rings. The molecule has 1 heterocycles. The third-order valence-corrected chi connectivity index (χ3v) is 4.13. The fourth-order valence-corrected chi connectivity index (χ4v) is 3.30. The maximum atomic E-state index is 4.85. The average Bonchev–Trinajstić information content (AvgIpc) is 2.70. The van der Waals surface area contributed by atoms with Crippen LogP contribution in [-0.2, 0) is 13.0 Å². The van der Waals surface area contributed by atoms with Crippen LogP contribution in [0.4, 0.5) is 5.13 Å². The molecular weight excluding hydrogens is 242 g/mol. The molecule has 1 aromatic heterocycles. The summed E-state index contributed by atoms with van der Waals surface area (Å²) in [6.07, 6.45) is 2.25. The van der Waals surface area contributed by atoms with Crippen LogP contribution in [0.25, 0.3) is 0 Å². The molecule has 0 radical (unpaired) electrons. The van der Waals surface area contributed by atoms with Gasteiger partial charge in [0.1, 0.15) is 0 Å². The van der Waals surface area contributed by atoms with E-state index in [1.165, 1.54) is 15.7 Å². The van der Waals surface area contributed by atoms with Gasteiger partial charge in [0.2, 0.25) is 0 Å². The largest absolute Gasteiger partial charge is 0.346 e. The Morgan fingerprint density at radius 3 is 2.50 bits per heavy atom. The third kappa shape index (κ3) is 3.95. The number of hydrogen-bond acceptors (Lipinski definition) is 4. The molecule has 0 aliphatic heterocycles. The molecule has 0 bridgehead atoms. The average molecular weight is 269 g/mol. The van der Waals surface area contributed by atoms with Crippen LogP contribution in [0.1, 0.15) is 51.6 Å². The van der Waals surface area contributed by atoms with Crippen molar-refractivity contribution in [2.45, 2.75) is 60.0 Å². The summed E-state index contributed by atoms with van der Waals surface area (Å²) >= 11 is 1.85. The summed E-state index contributed by atoms with van der Waals surface area (Å²) in [4.78, 5) is 8.63. The van der Waals surface area contributed by atoms with E-state index in [1.807, 2.05) is 11.3 Å². The van der Waals surface area contributed by atoms with Crippen LogP contribution in [0.3, 0.4) is 0 Å². The second kappa shape index (κ2) is 7.74. The van der Waals surface area contributed by atoms with Crippen LogP contribution >= 0.6 is 11.3 Å². The predicted octanol–water partition coefficient (Wildman–Crippen LogP) is 3.44. The lowest BCUT2D eigenvalue weighted by atomic mass is 10.2. The first kappa shape index (κ1) is 15.4. The fourth-order valence-electron chi connectivity index (χ4n) is 2.02. The van der Waals surface area contributed by atoms with Gasteiger partial charge in [-0.2, -0.15) is 0 Å². The predicted molar refractivity (Wildman–Crippen MR) is 81.6 cm³/mol. The molecule has 104 valence electrons. The van der Waals surface area contributed by atoms with Gasteiger partial charge in [-0.15, -0.1) is 11.3 Å². The normalized spacial score (nSPS) is 11.2. The summed E-state index contributed by atoms with van der Waals surface area (Å²) in [6.45, 7) is 14.0. The van der Waals surface area contributed by atoms with E-state index in [2.05, 4.69) is 44.8 Å². The zero-order valence-corrected chi connectivity index (χ0v) is 13.2. The Morgan fingerprint density at radius 2 is 2.00 bits per heavy atom. The molecule has 3 nitrogen and oxygen atoms in total. The molecule has 18 heavy (non-hydrogen) atoms. The highest BCUT2D eigenvalue weighted by atomic mass is 32.1. The van der Waals surface area contributed by atoms with Gasteiger partial charge in [0, 0.05) is 24.0 Å². The smallest absolute Gasteiger partial charge is 0.186 e. The molecule has 0 saturated carbocycles. The second-order valence-corrected chi connectivity index (χ2v) is 5.84. The molecular formula is C14H27N3S. The van der Waals surface area contributed by atoms with E-state index in [4.69, 9.17) is 4.98 Å². The molecule has 1 rings (SSSR count). The van der Waals surface area contributed by atoms with E-state index in [0.717, 1.165) is 32.5 Å². The van der Waals surface area contributed by atoms with E-state index >= 15 is 0 Å². The third-order valence-electron chi connectivity index (χ3n) is 3.00. The summed E-state index contributed by atoms with van der Waals surface area (Å²) in [5.41, 5.74) is 1.29. The van der Waals surface area contributed by atoms with Crippen molar-refractivity contribution in [3.05, 3.63) is 10.6 Å². The minimum absolute atomic E-state index is 0.516. The monoisotopic (exact) mass is 269 g/mol. The first-order chi connectivity index (χ1) is 8.63. The van der Waals surface area contributed by atoms with Crippen LogP contribution < -0.4 is 10.2 Å². The molecule has 0 saturated heterocycles. The van der Waals surface area contributed by atoms with Crippen molar-refractivity contribution in [2.24, 2.45) is 0 Å². The zero-order chi connectivity index (χ0) is 13.5. The summed E-state index contributed by atoms with van der Waals surface area (Å²) in [6, 6.07) is 0.516. The lowest BCUT2D eigenvalue weighted by molar-refractivity contribution is 0.697. The summed E-state index contributed by atoms with van der Waals surface area (Å²) in [5.74, 6) is 0. The van der Waals surface area contributed by atoms with Crippen molar-refractivity contribution in [1.29, 1.82) is 0 Å². The summed E-state index contributed by atoms with van der Waals surface area (Å²) in [7, 11) is 0. The van der Waals surface area contributed by atoms with Gasteiger partial charge in [0.25, 0.3) is 0 Å². The molecule has 1 N–H and O–H groups in total. The number of nitrogens with zero attached hydrogens (tertiary/aromatic N) is 2. The van der Waals surface area contributed by atoms with Crippen LogP contribution in [0.15, 0.2) is 0 Å². The van der Waals surface area contributed by atoms with E-state index in [1.54, 1.807) is 0 Å². The lowest BCUT2D eigenvalue weighted by Gasteiger charge is -2.24. The van der Waals surface area contributed by atoms with Crippen LogP contribution in [0, 0.1) is 0 Å². The Bertz CT molecular complexity index is 347. The van der Waals surface area contributed by atoms with Gasteiger partial charge in [-0.05, 0) is 33.7 Å². The highest BCUT2D eigenvalue weighted by molar-refractivity contribution is 7.15. The van der Waals surface area contributed by atoms with Crippen molar-refractivity contribution in [1.82, 2.24) is 10.3 Å². The molecule has 0 atom stereocenters. The Kier molecular flexibility index (Phi) is 6.65. The highest BCUT2D eigenvalue weighted by Crippen LogP contribution is 2.28. The highest BCUT2D eigenvalue weighted by Gasteiger charge is 2.16. The number of thiazole rings is 1. The zero-order valence-electron chi connectivity index (χ0n) is 12.4. The number of aromatic nitrogens is 1. The summed E-state index contributed by atoms with van der Waals surface area (Å²) < 4.78 is 0. The Morgan fingerprint density at radius 1 is 1.28 bits per heavy atom. The lowest BCUT2D eigenvalue weighted by Crippen LogP contribution is -2.30. The summed E-state index contributed by atoms with van der Waals surface area (Å²) in [5, 5.41) is 4.60. The van der Waals surface area contributed by atoms with E-state index in [-0.39, 0.29) is 0 Å². The number of rotatable bonds is 8. The van der Waals surface area contributed by atoms with E-state index in [0.29, 0.717) is 6.04 Å². The number of hydrogen-bond donors (Lipinski definition) is 1. The maximum absolute atomic E-state index is 4.85. The van der Waals surface area contributed by atoms with Crippen molar-refractivity contribution in [3.8, 4) is 0 Å². The van der Waals surface area contributed by atoms with Crippen molar-refractivity contribution < 1.29 is 0 Å². The number of anilines is 1. The van der Waals surface area contributed by atoms with E-state index in [9.17, 15) is 0 Å².